The van der Waals surface area contributed by atoms with E-state index in [1.54, 1.807) is 19.1 Å². The molecule has 242 valence electrons. The van der Waals surface area contributed by atoms with Gasteiger partial charge >= 0.3 is 24.0 Å². The van der Waals surface area contributed by atoms with Gasteiger partial charge in [0.15, 0.2) is 0 Å². The molecule has 0 aromatic heterocycles. The van der Waals surface area contributed by atoms with Gasteiger partial charge in [-0.1, -0.05) is 104 Å². The summed E-state index contributed by atoms with van der Waals surface area (Å²) in [5.41, 5.74) is 3.23. The second-order valence-corrected chi connectivity index (χ2v) is 17.2. The summed E-state index contributed by atoms with van der Waals surface area (Å²) in [5, 5.41) is 10.7. The van der Waals surface area contributed by atoms with Crippen LogP contribution in [-0.2, 0) is 25.5 Å². The van der Waals surface area contributed by atoms with Gasteiger partial charge in [-0.15, -0.1) is 0 Å². The van der Waals surface area contributed by atoms with Crippen molar-refractivity contribution < 1.29 is 28.7 Å². The lowest BCUT2D eigenvalue weighted by Crippen LogP contribution is -2.45. The van der Waals surface area contributed by atoms with Gasteiger partial charge in [0.05, 0.1) is 6.61 Å². The first-order chi connectivity index (χ1) is 20.8. The molecule has 2 aromatic rings. The SMILES string of the molecule is CCOC(=O)[C@H](Cc1ccccc1)NC(=O)Nc1cc(NC(=O)NCC(=O)OC(CC)CC(CC)C(Br)(Br)Br)c(C)cc1C. The highest BCUT2D eigenvalue weighted by Crippen LogP contribution is 2.45. The Labute approximate surface area is 284 Å². The third-order valence-corrected chi connectivity index (χ3v) is 8.82. The zero-order valence-corrected chi connectivity index (χ0v) is 30.4. The van der Waals surface area contributed by atoms with E-state index in [9.17, 15) is 19.2 Å². The maximum Gasteiger partial charge on any atom is 0.329 e. The van der Waals surface area contributed by atoms with Gasteiger partial charge in [-0.25, -0.2) is 14.4 Å². The van der Waals surface area contributed by atoms with Gasteiger partial charge in [-0.3, -0.25) is 4.79 Å². The third kappa shape index (κ3) is 12.8. The van der Waals surface area contributed by atoms with Crippen LogP contribution >= 0.6 is 47.8 Å². The van der Waals surface area contributed by atoms with Crippen LogP contribution in [0.2, 0.25) is 0 Å². The summed E-state index contributed by atoms with van der Waals surface area (Å²) in [4.78, 5) is 50.6. The zero-order chi connectivity index (χ0) is 32.9. The summed E-state index contributed by atoms with van der Waals surface area (Å²) in [6.07, 6.45) is 2.07. The molecule has 0 radical (unpaired) electrons. The lowest BCUT2D eigenvalue weighted by atomic mass is 9.99. The molecule has 0 aliphatic heterocycles. The number of carbonyl (C=O) groups is 4. The van der Waals surface area contributed by atoms with Crippen molar-refractivity contribution in [3.63, 3.8) is 0 Å². The number of nitrogens with one attached hydrogen (secondary N) is 4. The first-order valence-electron chi connectivity index (χ1n) is 14.5. The summed E-state index contributed by atoms with van der Waals surface area (Å²) in [6, 6.07) is 10.6. The number of urea groups is 2. The summed E-state index contributed by atoms with van der Waals surface area (Å²) in [6.45, 7) is 9.19. The lowest BCUT2D eigenvalue weighted by Gasteiger charge is -2.28. The van der Waals surface area contributed by atoms with Crippen LogP contribution in [0.3, 0.4) is 0 Å². The first-order valence-corrected chi connectivity index (χ1v) is 16.8. The number of hydrogen-bond acceptors (Lipinski definition) is 6. The number of hydrogen-bond donors (Lipinski definition) is 4. The number of esters is 2. The topological polar surface area (TPSA) is 135 Å². The summed E-state index contributed by atoms with van der Waals surface area (Å²) >= 11 is 10.7. The Morgan fingerprint density at radius 1 is 0.864 bits per heavy atom. The van der Waals surface area contributed by atoms with Crippen LogP contribution in [-0.4, -0.2) is 51.4 Å². The van der Waals surface area contributed by atoms with E-state index >= 15 is 0 Å². The van der Waals surface area contributed by atoms with Gasteiger partial charge in [0.1, 0.15) is 20.8 Å². The van der Waals surface area contributed by atoms with Gasteiger partial charge in [0.25, 0.3) is 0 Å². The normalized spacial score (nSPS) is 13.2. The fourth-order valence-electron chi connectivity index (χ4n) is 4.42. The van der Waals surface area contributed by atoms with Gasteiger partial charge in [0.2, 0.25) is 0 Å². The minimum atomic E-state index is -0.896. The highest BCUT2D eigenvalue weighted by molar-refractivity contribution is 9.39. The molecule has 0 saturated carbocycles. The molecule has 2 rings (SSSR count). The molecular weight excluding hydrogens is 764 g/mol. The molecular formula is C31H41Br3N4O6. The number of rotatable bonds is 14. The average Bonchev–Trinajstić information content (AvgIpc) is 2.96. The van der Waals surface area contributed by atoms with Gasteiger partial charge in [-0.2, -0.15) is 0 Å². The van der Waals surface area contributed by atoms with E-state index in [0.29, 0.717) is 24.2 Å². The number of aryl methyl sites for hydroxylation is 2. The van der Waals surface area contributed by atoms with Gasteiger partial charge < -0.3 is 30.7 Å². The van der Waals surface area contributed by atoms with Crippen molar-refractivity contribution >= 4 is 83.2 Å². The van der Waals surface area contributed by atoms with Crippen molar-refractivity contribution in [1.82, 2.24) is 10.6 Å². The molecule has 0 bridgehead atoms. The van der Waals surface area contributed by atoms with Crippen molar-refractivity contribution in [2.45, 2.75) is 74.6 Å². The molecule has 13 heteroatoms. The monoisotopic (exact) mass is 802 g/mol. The Morgan fingerprint density at radius 2 is 1.48 bits per heavy atom. The Hall–Kier alpha value is -2.64. The highest BCUT2D eigenvalue weighted by atomic mass is 80.0. The fourth-order valence-corrected chi connectivity index (χ4v) is 5.95. The molecule has 10 nitrogen and oxygen atoms in total. The number of anilines is 2. The largest absolute Gasteiger partial charge is 0.464 e. The molecule has 0 fully saturated rings. The Balaban J connectivity index is 2.00. The van der Waals surface area contributed by atoms with E-state index in [4.69, 9.17) is 9.47 Å². The molecule has 4 N–H and O–H groups in total. The van der Waals surface area contributed by atoms with E-state index in [1.165, 1.54) is 0 Å². The molecule has 0 aliphatic carbocycles. The first kappa shape index (κ1) is 37.5. The van der Waals surface area contributed by atoms with Crippen molar-refractivity contribution in [3.05, 3.63) is 59.2 Å². The number of amides is 4. The predicted octanol–water partition coefficient (Wildman–Crippen LogP) is 7.30. The van der Waals surface area contributed by atoms with Crippen LogP contribution in [0.25, 0.3) is 0 Å². The maximum absolute atomic E-state index is 12.9. The Kier molecular flexibility index (Phi) is 15.7. The molecule has 2 aromatic carbocycles. The number of carbonyl (C=O) groups excluding carboxylic acids is 4. The predicted molar refractivity (Wildman–Crippen MR) is 184 cm³/mol. The quantitative estimate of drug-likeness (QED) is 0.117. The second kappa shape index (κ2) is 18.4. The van der Waals surface area contributed by atoms with Crippen LogP contribution in [0.15, 0.2) is 42.5 Å². The van der Waals surface area contributed by atoms with Crippen molar-refractivity contribution in [1.29, 1.82) is 0 Å². The Bertz CT molecular complexity index is 1270. The van der Waals surface area contributed by atoms with Gasteiger partial charge in [0, 0.05) is 17.8 Å². The van der Waals surface area contributed by atoms with Crippen LogP contribution in [0.1, 0.15) is 56.7 Å². The zero-order valence-electron chi connectivity index (χ0n) is 25.6. The van der Waals surface area contributed by atoms with E-state index in [1.807, 2.05) is 51.1 Å². The third-order valence-electron chi connectivity index (χ3n) is 6.88. The lowest BCUT2D eigenvalue weighted by molar-refractivity contribution is -0.148. The van der Waals surface area contributed by atoms with Crippen LogP contribution < -0.4 is 21.3 Å². The van der Waals surface area contributed by atoms with E-state index in [2.05, 4.69) is 76.0 Å². The molecule has 0 spiro atoms. The standard InChI is InChI=1S/C31H41Br3N4O6/c1-6-22(31(32,33)34)16-23(7-2)44-27(39)18-35-29(41)36-24-17-25(20(5)14-19(24)4)37-30(42)38-26(28(40)43-8-3)15-21-12-10-9-11-13-21/h9-14,17,22-23,26H,6-8,15-16,18H2,1-5H3,(H2,35,36,41)(H2,37,38,42)/t22?,23?,26-/m0/s1. The average molecular weight is 805 g/mol. The van der Waals surface area contributed by atoms with Crippen molar-refractivity contribution in [2.24, 2.45) is 5.92 Å². The van der Waals surface area contributed by atoms with Gasteiger partial charge in [-0.05, 0) is 62.3 Å². The smallest absolute Gasteiger partial charge is 0.329 e. The minimum Gasteiger partial charge on any atom is -0.464 e. The fraction of sp³-hybridized carbons (Fsp3) is 0.484. The maximum atomic E-state index is 12.9. The Morgan fingerprint density at radius 3 is 2.02 bits per heavy atom. The summed E-state index contributed by atoms with van der Waals surface area (Å²) in [7, 11) is 0. The van der Waals surface area contributed by atoms with Crippen molar-refractivity contribution in [3.8, 4) is 0 Å². The molecule has 2 unspecified atom stereocenters. The number of benzene rings is 2. The van der Waals surface area contributed by atoms with Crippen LogP contribution in [0.4, 0.5) is 21.0 Å². The van der Waals surface area contributed by atoms with Crippen molar-refractivity contribution in [2.75, 3.05) is 23.8 Å². The summed E-state index contributed by atoms with van der Waals surface area (Å²) < 4.78 is 10.3. The molecule has 0 saturated heterocycles. The van der Waals surface area contributed by atoms with E-state index in [0.717, 1.165) is 23.1 Å². The van der Waals surface area contributed by atoms with E-state index in [-0.39, 0.29) is 31.6 Å². The number of ether oxygens (including phenoxy) is 2. The number of halogens is 3. The summed E-state index contributed by atoms with van der Waals surface area (Å²) in [5.74, 6) is -0.925. The minimum absolute atomic E-state index is 0.158. The molecule has 4 amide bonds. The van der Waals surface area contributed by atoms with Crippen LogP contribution in [0, 0.1) is 19.8 Å². The molecule has 0 heterocycles. The second-order valence-electron chi connectivity index (χ2n) is 10.3. The highest BCUT2D eigenvalue weighted by Gasteiger charge is 2.32. The number of alkyl halides is 3. The van der Waals surface area contributed by atoms with E-state index < -0.39 is 32.2 Å². The molecule has 3 atom stereocenters. The van der Waals surface area contributed by atoms with Crippen LogP contribution in [0.5, 0.6) is 0 Å². The molecule has 44 heavy (non-hydrogen) atoms. The molecule has 0 aliphatic rings.